The molecule has 21 heavy (non-hydrogen) atoms. The number of halogens is 2. The van der Waals surface area contributed by atoms with Gasteiger partial charge in [-0.05, 0) is 43.2 Å². The first-order chi connectivity index (χ1) is 9.97. The van der Waals surface area contributed by atoms with Gasteiger partial charge >= 0.3 is 0 Å². The van der Waals surface area contributed by atoms with Crippen LogP contribution in [0, 0.1) is 5.82 Å². The number of carbonyl (C=O) groups is 1. The van der Waals surface area contributed by atoms with Gasteiger partial charge in [0, 0.05) is 16.8 Å². The Bertz CT molecular complexity index is 660. The molecular weight excluding hydrogens is 291 g/mol. The van der Waals surface area contributed by atoms with Gasteiger partial charge in [0.05, 0.1) is 5.56 Å². The number of anilines is 1. The van der Waals surface area contributed by atoms with Gasteiger partial charge in [-0.15, -0.1) is 0 Å². The molecule has 3 nitrogen and oxygen atoms in total. The summed E-state index contributed by atoms with van der Waals surface area (Å²) in [6.45, 7) is 1.86. The summed E-state index contributed by atoms with van der Waals surface area (Å²) in [5.41, 5.74) is 7.03. The molecule has 5 heteroatoms. The molecule has 2 aromatic rings. The molecule has 0 heterocycles. The SMILES string of the molecule is CC(Cc1ccccc1Cl)NC(=O)c1cc(F)ccc1N. The number of rotatable bonds is 4. The summed E-state index contributed by atoms with van der Waals surface area (Å²) in [6, 6.07) is 11.0. The fraction of sp³-hybridized carbons (Fsp3) is 0.188. The van der Waals surface area contributed by atoms with Crippen molar-refractivity contribution in [3.63, 3.8) is 0 Å². The Morgan fingerprint density at radius 2 is 2.05 bits per heavy atom. The summed E-state index contributed by atoms with van der Waals surface area (Å²) in [4.78, 5) is 12.1. The van der Waals surface area contributed by atoms with Crippen molar-refractivity contribution in [2.45, 2.75) is 19.4 Å². The van der Waals surface area contributed by atoms with Gasteiger partial charge in [0.1, 0.15) is 5.82 Å². The van der Waals surface area contributed by atoms with Crippen LogP contribution in [-0.4, -0.2) is 11.9 Å². The van der Waals surface area contributed by atoms with Gasteiger partial charge in [-0.25, -0.2) is 4.39 Å². The van der Waals surface area contributed by atoms with Crippen molar-refractivity contribution in [3.05, 3.63) is 64.4 Å². The van der Waals surface area contributed by atoms with E-state index < -0.39 is 11.7 Å². The maximum atomic E-state index is 13.2. The number of nitrogen functional groups attached to an aromatic ring is 1. The van der Waals surface area contributed by atoms with Crippen molar-refractivity contribution in [1.82, 2.24) is 5.32 Å². The van der Waals surface area contributed by atoms with Crippen LogP contribution in [0.15, 0.2) is 42.5 Å². The Hall–Kier alpha value is -2.07. The summed E-state index contributed by atoms with van der Waals surface area (Å²) in [5.74, 6) is -0.889. The quantitative estimate of drug-likeness (QED) is 0.850. The molecule has 0 saturated carbocycles. The highest BCUT2D eigenvalue weighted by atomic mass is 35.5. The lowest BCUT2D eigenvalue weighted by Crippen LogP contribution is -2.34. The molecule has 1 atom stereocenters. The average Bonchev–Trinajstić information content (AvgIpc) is 2.44. The van der Waals surface area contributed by atoms with Crippen molar-refractivity contribution in [3.8, 4) is 0 Å². The van der Waals surface area contributed by atoms with E-state index in [4.69, 9.17) is 17.3 Å². The maximum Gasteiger partial charge on any atom is 0.253 e. The zero-order chi connectivity index (χ0) is 15.4. The first kappa shape index (κ1) is 15.3. The number of benzene rings is 2. The Kier molecular flexibility index (Phi) is 4.81. The van der Waals surface area contributed by atoms with Gasteiger partial charge in [-0.1, -0.05) is 29.8 Å². The number of nitrogens with two attached hydrogens (primary N) is 1. The Morgan fingerprint density at radius 1 is 1.33 bits per heavy atom. The van der Waals surface area contributed by atoms with Crippen LogP contribution in [0.25, 0.3) is 0 Å². The predicted octanol–water partition coefficient (Wildman–Crippen LogP) is 3.42. The highest BCUT2D eigenvalue weighted by molar-refractivity contribution is 6.31. The van der Waals surface area contributed by atoms with Crippen LogP contribution in [0.5, 0.6) is 0 Å². The van der Waals surface area contributed by atoms with Gasteiger partial charge in [0.2, 0.25) is 0 Å². The predicted molar refractivity (Wildman–Crippen MR) is 82.9 cm³/mol. The zero-order valence-electron chi connectivity index (χ0n) is 11.6. The number of nitrogens with one attached hydrogen (secondary N) is 1. The first-order valence-electron chi connectivity index (χ1n) is 6.56. The molecule has 3 N–H and O–H groups in total. The lowest BCUT2D eigenvalue weighted by Gasteiger charge is -2.15. The standard InChI is InChI=1S/C16H16ClFN2O/c1-10(8-11-4-2-3-5-14(11)17)20-16(21)13-9-12(18)6-7-15(13)19/h2-7,9-10H,8,19H2,1H3,(H,20,21). The fourth-order valence-electron chi connectivity index (χ4n) is 2.07. The van der Waals surface area contributed by atoms with E-state index >= 15 is 0 Å². The molecule has 0 bridgehead atoms. The second-order valence-electron chi connectivity index (χ2n) is 4.90. The Morgan fingerprint density at radius 3 is 2.76 bits per heavy atom. The molecule has 0 aliphatic carbocycles. The number of hydrogen-bond donors (Lipinski definition) is 2. The maximum absolute atomic E-state index is 13.2. The van der Waals surface area contributed by atoms with E-state index in [1.54, 1.807) is 6.07 Å². The normalized spacial score (nSPS) is 12.0. The van der Waals surface area contributed by atoms with Crippen LogP contribution in [0.3, 0.4) is 0 Å². The fourth-order valence-corrected chi connectivity index (χ4v) is 2.28. The summed E-state index contributed by atoms with van der Waals surface area (Å²) >= 11 is 6.09. The van der Waals surface area contributed by atoms with Gasteiger partial charge in [-0.2, -0.15) is 0 Å². The topological polar surface area (TPSA) is 55.1 Å². The molecule has 0 saturated heterocycles. The van der Waals surface area contributed by atoms with Gasteiger partial charge in [-0.3, -0.25) is 4.79 Å². The third-order valence-electron chi connectivity index (χ3n) is 3.12. The smallest absolute Gasteiger partial charge is 0.253 e. The summed E-state index contributed by atoms with van der Waals surface area (Å²) in [6.07, 6.45) is 0.584. The van der Waals surface area contributed by atoms with E-state index in [0.717, 1.165) is 11.6 Å². The van der Waals surface area contributed by atoms with Crippen molar-refractivity contribution in [2.75, 3.05) is 5.73 Å². The molecule has 1 amide bonds. The Labute approximate surface area is 127 Å². The summed E-state index contributed by atoms with van der Waals surface area (Å²) in [7, 11) is 0. The Balaban J connectivity index is 2.06. The largest absolute Gasteiger partial charge is 0.398 e. The highest BCUT2D eigenvalue weighted by Gasteiger charge is 2.14. The lowest BCUT2D eigenvalue weighted by atomic mass is 10.1. The molecule has 110 valence electrons. The molecule has 0 aliphatic heterocycles. The summed E-state index contributed by atoms with van der Waals surface area (Å²) < 4.78 is 13.2. The molecule has 2 aromatic carbocycles. The zero-order valence-corrected chi connectivity index (χ0v) is 12.3. The summed E-state index contributed by atoms with van der Waals surface area (Å²) in [5, 5.41) is 3.45. The van der Waals surface area contributed by atoms with Gasteiger partial charge in [0.15, 0.2) is 0 Å². The lowest BCUT2D eigenvalue weighted by molar-refractivity contribution is 0.0940. The third kappa shape index (κ3) is 3.95. The molecule has 0 spiro atoms. The van der Waals surface area contributed by atoms with Crippen molar-refractivity contribution in [2.24, 2.45) is 0 Å². The first-order valence-corrected chi connectivity index (χ1v) is 6.94. The van der Waals surface area contributed by atoms with Crippen LogP contribution in [-0.2, 0) is 6.42 Å². The molecule has 1 unspecified atom stereocenters. The van der Waals surface area contributed by atoms with Crippen LogP contribution < -0.4 is 11.1 Å². The van der Waals surface area contributed by atoms with Crippen molar-refractivity contribution in [1.29, 1.82) is 0 Å². The van der Waals surface area contributed by atoms with Crippen molar-refractivity contribution >= 4 is 23.2 Å². The minimum Gasteiger partial charge on any atom is -0.398 e. The second kappa shape index (κ2) is 6.59. The minimum absolute atomic E-state index is 0.140. The number of carbonyl (C=O) groups excluding carboxylic acids is 1. The minimum atomic E-state index is -0.492. The molecule has 0 aromatic heterocycles. The van der Waals surface area contributed by atoms with Crippen molar-refractivity contribution < 1.29 is 9.18 Å². The molecule has 0 aliphatic rings. The van der Waals surface area contributed by atoms with E-state index in [1.165, 1.54) is 12.1 Å². The van der Waals surface area contributed by atoms with E-state index in [-0.39, 0.29) is 17.3 Å². The third-order valence-corrected chi connectivity index (χ3v) is 3.49. The number of hydrogen-bond acceptors (Lipinski definition) is 2. The van der Waals surface area contributed by atoms with Gasteiger partial charge < -0.3 is 11.1 Å². The molecule has 0 fully saturated rings. The number of amides is 1. The van der Waals surface area contributed by atoms with Crippen LogP contribution in [0.4, 0.5) is 10.1 Å². The molecular formula is C16H16ClFN2O. The van der Waals surface area contributed by atoms with Crippen LogP contribution in [0.2, 0.25) is 5.02 Å². The van der Waals surface area contributed by atoms with E-state index in [2.05, 4.69) is 5.32 Å². The second-order valence-corrected chi connectivity index (χ2v) is 5.31. The van der Waals surface area contributed by atoms with E-state index in [9.17, 15) is 9.18 Å². The highest BCUT2D eigenvalue weighted by Crippen LogP contribution is 2.17. The van der Waals surface area contributed by atoms with Crippen LogP contribution in [0.1, 0.15) is 22.8 Å². The van der Waals surface area contributed by atoms with E-state index in [0.29, 0.717) is 11.4 Å². The van der Waals surface area contributed by atoms with Crippen LogP contribution >= 0.6 is 11.6 Å². The molecule has 0 radical (unpaired) electrons. The monoisotopic (exact) mass is 306 g/mol. The van der Waals surface area contributed by atoms with Gasteiger partial charge in [0.25, 0.3) is 5.91 Å². The average molecular weight is 307 g/mol. The van der Waals surface area contributed by atoms with E-state index in [1.807, 2.05) is 25.1 Å². The molecule has 2 rings (SSSR count).